The number of thiophene rings is 1. The molecule has 200 valence electrons. The Morgan fingerprint density at radius 3 is 2.63 bits per heavy atom. The van der Waals surface area contributed by atoms with Gasteiger partial charge in [0.1, 0.15) is 18.0 Å². The number of aryl methyl sites for hydroxylation is 3. The number of fused-ring (bicyclic) bond motifs is 1. The number of aromatic nitrogens is 2. The summed E-state index contributed by atoms with van der Waals surface area (Å²) in [6.07, 6.45) is 3.93. The summed E-state index contributed by atoms with van der Waals surface area (Å²) in [6.45, 7) is 10.3. The van der Waals surface area contributed by atoms with Gasteiger partial charge >= 0.3 is 0 Å². The molecule has 4 aromatic rings. The molecule has 0 aliphatic rings. The highest BCUT2D eigenvalue weighted by molar-refractivity contribution is 7.19. The number of benzene rings is 2. The first-order chi connectivity index (χ1) is 18.1. The second-order valence-electron chi connectivity index (χ2n) is 10.3. The zero-order valence-corrected chi connectivity index (χ0v) is 23.4. The van der Waals surface area contributed by atoms with Crippen LogP contribution in [-0.4, -0.2) is 39.7 Å². The van der Waals surface area contributed by atoms with E-state index in [2.05, 4.69) is 34.4 Å². The third-order valence-electron chi connectivity index (χ3n) is 6.44. The van der Waals surface area contributed by atoms with Crippen molar-refractivity contribution < 1.29 is 14.3 Å². The number of nitrogens with one attached hydrogen (secondary N) is 2. The predicted molar refractivity (Wildman–Crippen MR) is 154 cm³/mol. The monoisotopic (exact) mass is 534 g/mol. The third-order valence-corrected chi connectivity index (χ3v) is 7.74. The van der Waals surface area contributed by atoms with Crippen LogP contribution >= 0.6 is 11.3 Å². The Morgan fingerprint density at radius 2 is 1.89 bits per heavy atom. The van der Waals surface area contributed by atoms with Crippen LogP contribution in [0.5, 0.6) is 0 Å². The molecule has 0 bridgehead atoms. The molecule has 38 heavy (non-hydrogen) atoms. The molecule has 0 aliphatic heterocycles. The maximum Gasteiger partial charge on any atom is 0.251 e. The minimum atomic E-state index is -0.977. The number of amides is 1. The fourth-order valence-electron chi connectivity index (χ4n) is 4.57. The zero-order valence-electron chi connectivity index (χ0n) is 22.6. The summed E-state index contributed by atoms with van der Waals surface area (Å²) in [5, 5.41) is 17.1. The van der Waals surface area contributed by atoms with Gasteiger partial charge in [0, 0.05) is 39.9 Å². The summed E-state index contributed by atoms with van der Waals surface area (Å²) in [6, 6.07) is 10.8. The zero-order chi connectivity index (χ0) is 27.4. The molecule has 0 saturated carbocycles. The number of anilines is 1. The van der Waals surface area contributed by atoms with Crippen LogP contribution in [0.2, 0.25) is 0 Å². The lowest BCUT2D eigenvalue weighted by Gasteiger charge is -2.18. The van der Waals surface area contributed by atoms with E-state index < -0.39 is 5.60 Å². The molecule has 2 heterocycles. The van der Waals surface area contributed by atoms with Crippen molar-refractivity contribution in [2.24, 2.45) is 0 Å². The molecule has 0 unspecified atom stereocenters. The van der Waals surface area contributed by atoms with E-state index >= 15 is 0 Å². The minimum Gasteiger partial charge on any atom is -0.389 e. The van der Waals surface area contributed by atoms with Crippen molar-refractivity contribution in [2.75, 3.05) is 18.4 Å². The highest BCUT2D eigenvalue weighted by atomic mass is 32.1. The van der Waals surface area contributed by atoms with Crippen molar-refractivity contribution in [3.05, 3.63) is 75.7 Å². The molecule has 2 aromatic heterocycles. The standard InChI is InChI=1S/C30H35FN4O2S/c1-6-7-20-13-21(8-9-24(20)29(36)33-16-30(4,5)37)26-15-27(35-17-34-26)32-11-10-23-19(3)38-28-18(2)12-22(31)14-25(23)28/h8-9,12-15,17,37H,6-7,10-11,16H2,1-5H3,(H,33,36)(H,32,34,35). The van der Waals surface area contributed by atoms with Crippen molar-refractivity contribution >= 4 is 33.1 Å². The first-order valence-electron chi connectivity index (χ1n) is 12.9. The lowest BCUT2D eigenvalue weighted by Crippen LogP contribution is -2.38. The molecule has 0 spiro atoms. The Labute approximate surface area is 227 Å². The van der Waals surface area contributed by atoms with Crippen molar-refractivity contribution in [3.8, 4) is 11.3 Å². The number of rotatable bonds is 10. The smallest absolute Gasteiger partial charge is 0.251 e. The summed E-state index contributed by atoms with van der Waals surface area (Å²) in [5.41, 5.74) is 4.37. The summed E-state index contributed by atoms with van der Waals surface area (Å²) in [5.74, 6) is 0.308. The Morgan fingerprint density at radius 1 is 1.11 bits per heavy atom. The largest absolute Gasteiger partial charge is 0.389 e. The number of aliphatic hydroxyl groups is 1. The minimum absolute atomic E-state index is 0.176. The summed E-state index contributed by atoms with van der Waals surface area (Å²) >= 11 is 1.71. The summed E-state index contributed by atoms with van der Waals surface area (Å²) in [4.78, 5) is 22.8. The molecule has 6 nitrogen and oxygen atoms in total. The fraction of sp³-hybridized carbons (Fsp3) is 0.367. The van der Waals surface area contributed by atoms with Crippen molar-refractivity contribution in [1.82, 2.24) is 15.3 Å². The molecule has 0 saturated heterocycles. The Kier molecular flexibility index (Phi) is 8.43. The molecule has 0 fully saturated rings. The highest BCUT2D eigenvalue weighted by Gasteiger charge is 2.18. The van der Waals surface area contributed by atoms with E-state index in [1.807, 2.05) is 31.2 Å². The van der Waals surface area contributed by atoms with Gasteiger partial charge in [0.25, 0.3) is 5.91 Å². The Bertz CT molecular complexity index is 1460. The van der Waals surface area contributed by atoms with E-state index in [0.717, 1.165) is 57.3 Å². The number of hydrogen-bond acceptors (Lipinski definition) is 6. The molecule has 4 rings (SSSR count). The van der Waals surface area contributed by atoms with Crippen molar-refractivity contribution in [2.45, 2.75) is 59.5 Å². The molecular formula is C30H35FN4O2S. The van der Waals surface area contributed by atoms with Crippen LogP contribution < -0.4 is 10.6 Å². The first-order valence-corrected chi connectivity index (χ1v) is 13.8. The molecule has 0 atom stereocenters. The highest BCUT2D eigenvalue weighted by Crippen LogP contribution is 2.34. The number of carbonyl (C=O) groups excluding carboxylic acids is 1. The quantitative estimate of drug-likeness (QED) is 0.225. The van der Waals surface area contributed by atoms with Crippen molar-refractivity contribution in [3.63, 3.8) is 0 Å². The maximum absolute atomic E-state index is 14.1. The van der Waals surface area contributed by atoms with Gasteiger partial charge in [-0.3, -0.25) is 4.79 Å². The average molecular weight is 535 g/mol. The van der Waals surface area contributed by atoms with Crippen LogP contribution in [0.3, 0.4) is 0 Å². The van der Waals surface area contributed by atoms with Crippen LogP contribution in [-0.2, 0) is 12.8 Å². The molecule has 0 radical (unpaired) electrons. The molecule has 3 N–H and O–H groups in total. The van der Waals surface area contributed by atoms with Gasteiger partial charge in [0.05, 0.1) is 11.3 Å². The molecule has 0 aliphatic carbocycles. The van der Waals surface area contributed by atoms with Crippen LogP contribution in [0.1, 0.15) is 59.1 Å². The Hall–Kier alpha value is -3.36. The lowest BCUT2D eigenvalue weighted by molar-refractivity contribution is 0.0694. The van der Waals surface area contributed by atoms with Gasteiger partial charge in [0.2, 0.25) is 0 Å². The normalized spacial score (nSPS) is 11.7. The Balaban J connectivity index is 1.49. The SMILES string of the molecule is CCCc1cc(-c2cc(NCCc3c(C)sc4c(C)cc(F)cc34)ncn2)ccc1C(=O)NCC(C)(C)O. The maximum atomic E-state index is 14.1. The van der Waals surface area contributed by atoms with Gasteiger partial charge in [-0.15, -0.1) is 11.3 Å². The van der Waals surface area contributed by atoms with E-state index in [0.29, 0.717) is 17.9 Å². The number of halogens is 1. The van der Waals surface area contributed by atoms with Gasteiger partial charge in [-0.25, -0.2) is 14.4 Å². The van der Waals surface area contributed by atoms with E-state index in [1.54, 1.807) is 37.3 Å². The van der Waals surface area contributed by atoms with Gasteiger partial charge in [0.15, 0.2) is 0 Å². The average Bonchev–Trinajstić information content (AvgIpc) is 3.18. The number of carbonyl (C=O) groups is 1. The predicted octanol–water partition coefficient (Wildman–Crippen LogP) is 6.22. The van der Waals surface area contributed by atoms with Gasteiger partial charge in [-0.2, -0.15) is 0 Å². The van der Waals surface area contributed by atoms with Crippen LogP contribution in [0.25, 0.3) is 21.3 Å². The van der Waals surface area contributed by atoms with Gasteiger partial charge in [-0.1, -0.05) is 19.4 Å². The molecule has 1 amide bonds. The number of nitrogens with zero attached hydrogens (tertiary/aromatic N) is 2. The van der Waals surface area contributed by atoms with E-state index in [1.165, 1.54) is 11.2 Å². The molecule has 8 heteroatoms. The lowest BCUT2D eigenvalue weighted by atomic mass is 9.98. The number of hydrogen-bond donors (Lipinski definition) is 3. The summed E-state index contributed by atoms with van der Waals surface area (Å²) < 4.78 is 15.2. The van der Waals surface area contributed by atoms with Gasteiger partial charge < -0.3 is 15.7 Å². The van der Waals surface area contributed by atoms with Crippen LogP contribution in [0, 0.1) is 19.7 Å². The first kappa shape index (κ1) is 27.7. The van der Waals surface area contributed by atoms with E-state index in [4.69, 9.17) is 0 Å². The second kappa shape index (κ2) is 11.6. The second-order valence-corrected chi connectivity index (χ2v) is 11.5. The summed E-state index contributed by atoms with van der Waals surface area (Å²) in [7, 11) is 0. The fourth-order valence-corrected chi connectivity index (χ4v) is 5.73. The molecular weight excluding hydrogens is 499 g/mol. The topological polar surface area (TPSA) is 87.1 Å². The third kappa shape index (κ3) is 6.55. The van der Waals surface area contributed by atoms with Crippen LogP contribution in [0.4, 0.5) is 10.2 Å². The van der Waals surface area contributed by atoms with E-state index in [-0.39, 0.29) is 18.3 Å². The molecule has 2 aromatic carbocycles. The van der Waals surface area contributed by atoms with Gasteiger partial charge in [-0.05, 0) is 86.9 Å². The van der Waals surface area contributed by atoms with Crippen LogP contribution in [0.15, 0.2) is 42.7 Å². The van der Waals surface area contributed by atoms with Crippen molar-refractivity contribution in [1.29, 1.82) is 0 Å². The van der Waals surface area contributed by atoms with E-state index in [9.17, 15) is 14.3 Å².